The molecule has 2 saturated heterocycles. The fourth-order valence-corrected chi connectivity index (χ4v) is 4.85. The smallest absolute Gasteiger partial charge is 0.316 e. The zero-order valence-corrected chi connectivity index (χ0v) is 18.3. The summed E-state index contributed by atoms with van der Waals surface area (Å²) >= 11 is 5.99. The van der Waals surface area contributed by atoms with Crippen LogP contribution in [0.25, 0.3) is 0 Å². The molecule has 7 nitrogen and oxygen atoms in total. The van der Waals surface area contributed by atoms with Crippen molar-refractivity contribution in [1.29, 1.82) is 0 Å². The summed E-state index contributed by atoms with van der Waals surface area (Å²) in [6.07, 6.45) is 4.03. The molecule has 0 spiro atoms. The average molecular weight is 461 g/mol. The van der Waals surface area contributed by atoms with E-state index in [2.05, 4.69) is 27.7 Å². The van der Waals surface area contributed by atoms with Crippen LogP contribution in [0, 0.1) is 5.82 Å². The van der Waals surface area contributed by atoms with Gasteiger partial charge in [-0.2, -0.15) is 0 Å². The first-order valence-electron chi connectivity index (χ1n) is 10.7. The normalized spacial score (nSPS) is 22.4. The first kappa shape index (κ1) is 22.4. The summed E-state index contributed by atoms with van der Waals surface area (Å²) in [6, 6.07) is 11.7. The van der Waals surface area contributed by atoms with Gasteiger partial charge >= 0.3 is 6.03 Å². The molecule has 2 fully saturated rings. The molecule has 3 atom stereocenters. The lowest BCUT2D eigenvalue weighted by Gasteiger charge is -2.39. The van der Waals surface area contributed by atoms with E-state index in [9.17, 15) is 14.0 Å². The van der Waals surface area contributed by atoms with Crippen molar-refractivity contribution in [2.45, 2.75) is 50.4 Å². The predicted octanol–water partition coefficient (Wildman–Crippen LogP) is 3.66. The van der Waals surface area contributed by atoms with Crippen LogP contribution < -0.4 is 21.1 Å². The van der Waals surface area contributed by atoms with E-state index in [1.807, 2.05) is 12.1 Å². The molecule has 2 bridgehead atoms. The SMILES string of the molecule is NC(=O)Nc1cc(F)ccc1OCC(=O)NC1C[C@H]2CC[C@@H](C1)N2Cc1ccc(Cl)cc1. The highest BCUT2D eigenvalue weighted by molar-refractivity contribution is 6.30. The van der Waals surface area contributed by atoms with E-state index in [-0.39, 0.29) is 30.0 Å². The number of rotatable bonds is 7. The van der Waals surface area contributed by atoms with Gasteiger partial charge in [0.15, 0.2) is 6.61 Å². The first-order valence-corrected chi connectivity index (χ1v) is 11.0. The van der Waals surface area contributed by atoms with Gasteiger partial charge in [-0.05, 0) is 55.5 Å². The number of nitrogens with one attached hydrogen (secondary N) is 2. The number of amides is 3. The number of hydrogen-bond acceptors (Lipinski definition) is 4. The molecule has 2 aliphatic heterocycles. The third-order valence-electron chi connectivity index (χ3n) is 6.09. The van der Waals surface area contributed by atoms with Crippen molar-refractivity contribution in [3.63, 3.8) is 0 Å². The number of benzene rings is 2. The highest BCUT2D eigenvalue weighted by Crippen LogP contribution is 2.37. The molecule has 2 aliphatic rings. The Morgan fingerprint density at radius 1 is 1.12 bits per heavy atom. The number of nitrogens with zero attached hydrogens (tertiary/aromatic N) is 1. The van der Waals surface area contributed by atoms with Crippen LogP contribution in [-0.2, 0) is 11.3 Å². The van der Waals surface area contributed by atoms with Gasteiger partial charge in [0.2, 0.25) is 0 Å². The quantitative estimate of drug-likeness (QED) is 0.587. The number of anilines is 1. The van der Waals surface area contributed by atoms with E-state index in [0.29, 0.717) is 12.1 Å². The largest absolute Gasteiger partial charge is 0.482 e. The van der Waals surface area contributed by atoms with Crippen LogP contribution >= 0.6 is 11.6 Å². The molecule has 32 heavy (non-hydrogen) atoms. The summed E-state index contributed by atoms with van der Waals surface area (Å²) < 4.78 is 18.9. The number of hydrogen-bond donors (Lipinski definition) is 3. The molecular formula is C23H26ClFN4O3. The maximum absolute atomic E-state index is 13.4. The number of fused-ring (bicyclic) bond motifs is 2. The van der Waals surface area contributed by atoms with E-state index >= 15 is 0 Å². The molecule has 4 rings (SSSR count). The average Bonchev–Trinajstić information content (AvgIpc) is 2.96. The molecule has 4 N–H and O–H groups in total. The Balaban J connectivity index is 1.29. The van der Waals surface area contributed by atoms with Gasteiger partial charge in [0.1, 0.15) is 11.6 Å². The Hall–Kier alpha value is -2.84. The second-order valence-electron chi connectivity index (χ2n) is 8.34. The number of nitrogens with two attached hydrogens (primary N) is 1. The van der Waals surface area contributed by atoms with Crippen molar-refractivity contribution in [1.82, 2.24) is 10.2 Å². The summed E-state index contributed by atoms with van der Waals surface area (Å²) in [7, 11) is 0. The molecular weight excluding hydrogens is 435 g/mol. The lowest BCUT2D eigenvalue weighted by molar-refractivity contribution is -0.124. The number of carbonyl (C=O) groups excluding carboxylic acids is 2. The van der Waals surface area contributed by atoms with Gasteiger partial charge in [0, 0.05) is 35.8 Å². The van der Waals surface area contributed by atoms with Gasteiger partial charge in [0.25, 0.3) is 5.91 Å². The Labute approximate surface area is 191 Å². The maximum Gasteiger partial charge on any atom is 0.316 e. The molecule has 2 aromatic carbocycles. The Kier molecular flexibility index (Phi) is 6.81. The molecule has 170 valence electrons. The minimum atomic E-state index is -0.842. The third kappa shape index (κ3) is 5.49. The van der Waals surface area contributed by atoms with Crippen LogP contribution in [0.2, 0.25) is 5.02 Å². The molecule has 0 radical (unpaired) electrons. The van der Waals surface area contributed by atoms with Crippen LogP contribution in [0.15, 0.2) is 42.5 Å². The molecule has 0 aliphatic carbocycles. The zero-order chi connectivity index (χ0) is 22.7. The highest BCUT2D eigenvalue weighted by Gasteiger charge is 2.40. The van der Waals surface area contributed by atoms with Crippen LogP contribution in [-0.4, -0.2) is 41.6 Å². The van der Waals surface area contributed by atoms with E-state index < -0.39 is 11.8 Å². The van der Waals surface area contributed by atoms with Gasteiger partial charge in [-0.25, -0.2) is 9.18 Å². The summed E-state index contributed by atoms with van der Waals surface area (Å²) in [6.45, 7) is 0.649. The van der Waals surface area contributed by atoms with Crippen LogP contribution in [0.1, 0.15) is 31.2 Å². The molecule has 0 saturated carbocycles. The molecule has 2 aromatic rings. The minimum Gasteiger partial charge on any atom is -0.482 e. The van der Waals surface area contributed by atoms with Crippen molar-refractivity contribution in [2.24, 2.45) is 5.73 Å². The third-order valence-corrected chi connectivity index (χ3v) is 6.34. The van der Waals surface area contributed by atoms with E-state index in [1.54, 1.807) is 0 Å². The number of halogens is 2. The minimum absolute atomic E-state index is 0.0823. The van der Waals surface area contributed by atoms with Crippen molar-refractivity contribution in [2.75, 3.05) is 11.9 Å². The topological polar surface area (TPSA) is 96.7 Å². The number of carbonyl (C=O) groups is 2. The molecule has 0 aromatic heterocycles. The Morgan fingerprint density at radius 2 is 1.81 bits per heavy atom. The second-order valence-corrected chi connectivity index (χ2v) is 8.77. The number of piperidine rings is 1. The summed E-state index contributed by atoms with van der Waals surface area (Å²) in [5, 5.41) is 6.09. The molecule has 3 amide bonds. The zero-order valence-electron chi connectivity index (χ0n) is 17.5. The van der Waals surface area contributed by atoms with Gasteiger partial charge in [0.05, 0.1) is 5.69 Å². The van der Waals surface area contributed by atoms with E-state index in [0.717, 1.165) is 43.3 Å². The number of urea groups is 1. The van der Waals surface area contributed by atoms with Crippen LogP contribution in [0.4, 0.5) is 14.9 Å². The highest BCUT2D eigenvalue weighted by atomic mass is 35.5. The predicted molar refractivity (Wildman–Crippen MR) is 120 cm³/mol. The molecule has 2 heterocycles. The lowest BCUT2D eigenvalue weighted by atomic mass is 9.96. The monoisotopic (exact) mass is 460 g/mol. The fraction of sp³-hybridized carbons (Fsp3) is 0.391. The van der Waals surface area contributed by atoms with Gasteiger partial charge in [-0.15, -0.1) is 0 Å². The van der Waals surface area contributed by atoms with Gasteiger partial charge in [-0.3, -0.25) is 9.69 Å². The van der Waals surface area contributed by atoms with Crippen LogP contribution in [0.3, 0.4) is 0 Å². The first-order chi connectivity index (χ1) is 15.4. The van der Waals surface area contributed by atoms with Crippen molar-refractivity contribution >= 4 is 29.2 Å². The standard InChI is InChI=1S/C23H26ClFN4O3/c24-15-3-1-14(2-4-15)12-29-18-6-7-19(29)11-17(10-18)27-22(30)13-32-21-8-5-16(25)9-20(21)28-23(26)31/h1-5,8-9,17-19H,6-7,10-13H2,(H,27,30)(H3,26,28,31)/t17?,18-,19+. The van der Waals surface area contributed by atoms with E-state index in [4.69, 9.17) is 22.1 Å². The summed E-state index contributed by atoms with van der Waals surface area (Å²) in [5.41, 5.74) is 6.42. The molecule has 1 unspecified atom stereocenters. The van der Waals surface area contributed by atoms with E-state index in [1.165, 1.54) is 17.7 Å². The van der Waals surface area contributed by atoms with Crippen molar-refractivity contribution in [3.05, 3.63) is 58.9 Å². The Morgan fingerprint density at radius 3 is 2.47 bits per heavy atom. The number of ether oxygens (including phenoxy) is 1. The lowest BCUT2D eigenvalue weighted by Crippen LogP contribution is -2.50. The van der Waals surface area contributed by atoms with Crippen LogP contribution in [0.5, 0.6) is 5.75 Å². The van der Waals surface area contributed by atoms with Gasteiger partial charge < -0.3 is 21.1 Å². The van der Waals surface area contributed by atoms with Gasteiger partial charge in [-0.1, -0.05) is 23.7 Å². The Bertz CT molecular complexity index is 974. The second kappa shape index (κ2) is 9.75. The summed E-state index contributed by atoms with van der Waals surface area (Å²) in [4.78, 5) is 26.1. The van der Waals surface area contributed by atoms with Crippen molar-refractivity contribution < 1.29 is 18.7 Å². The molecule has 9 heteroatoms. The van der Waals surface area contributed by atoms with Crippen molar-refractivity contribution in [3.8, 4) is 5.75 Å². The number of primary amides is 1. The fourth-order valence-electron chi connectivity index (χ4n) is 4.72. The summed E-state index contributed by atoms with van der Waals surface area (Å²) in [5.74, 6) is -0.625. The maximum atomic E-state index is 13.4.